The summed E-state index contributed by atoms with van der Waals surface area (Å²) < 4.78 is 12.5. The van der Waals surface area contributed by atoms with Gasteiger partial charge in [-0.2, -0.15) is 0 Å². The Bertz CT molecular complexity index is 553. The van der Waals surface area contributed by atoms with Crippen molar-refractivity contribution in [3.05, 3.63) is 52.5 Å². The second-order valence-corrected chi connectivity index (χ2v) is 5.78. The first-order valence-corrected chi connectivity index (χ1v) is 8.39. The van der Waals surface area contributed by atoms with Crippen molar-refractivity contribution in [3.8, 4) is 17.2 Å². The third kappa shape index (κ3) is 4.25. The fourth-order valence-corrected chi connectivity index (χ4v) is 2.49. The molecule has 0 saturated heterocycles. The Labute approximate surface area is 136 Å². The number of alkyl halides is 1. The summed E-state index contributed by atoms with van der Waals surface area (Å²) in [5.74, 6) is 2.52. The van der Waals surface area contributed by atoms with Crippen molar-refractivity contribution >= 4 is 31.9 Å². The van der Waals surface area contributed by atoms with E-state index in [1.54, 1.807) is 0 Å². The van der Waals surface area contributed by atoms with Crippen LogP contribution in [0.3, 0.4) is 0 Å². The normalized spacial score (nSPS) is 10.3. The Hall–Kier alpha value is -1.00. The van der Waals surface area contributed by atoms with Gasteiger partial charge in [-0.25, -0.2) is 0 Å². The lowest BCUT2D eigenvalue weighted by Crippen LogP contribution is -1.95. The Balaban J connectivity index is 2.11. The minimum Gasteiger partial charge on any atom is -0.494 e. The van der Waals surface area contributed by atoms with Gasteiger partial charge in [0.15, 0.2) is 0 Å². The molecule has 0 radical (unpaired) electrons. The Morgan fingerprint density at radius 3 is 2.35 bits per heavy atom. The molecule has 0 aliphatic carbocycles. The van der Waals surface area contributed by atoms with Crippen LogP contribution in [0.4, 0.5) is 0 Å². The average molecular weight is 400 g/mol. The summed E-state index contributed by atoms with van der Waals surface area (Å²) in [5, 5.41) is 0.757. The van der Waals surface area contributed by atoms with Crippen LogP contribution in [0.25, 0.3) is 0 Å². The highest BCUT2D eigenvalue weighted by molar-refractivity contribution is 9.10. The van der Waals surface area contributed by atoms with Gasteiger partial charge < -0.3 is 9.47 Å². The SMILES string of the molecule is CCCOc1ccc(Oc2cc(Br)ccc2CBr)cc1. The number of halogens is 2. The molecule has 20 heavy (non-hydrogen) atoms. The minimum absolute atomic E-state index is 0.736. The van der Waals surface area contributed by atoms with E-state index in [-0.39, 0.29) is 0 Å². The third-order valence-electron chi connectivity index (χ3n) is 2.70. The van der Waals surface area contributed by atoms with Crippen molar-refractivity contribution < 1.29 is 9.47 Å². The maximum atomic E-state index is 5.93. The van der Waals surface area contributed by atoms with Gasteiger partial charge in [-0.05, 0) is 42.8 Å². The van der Waals surface area contributed by atoms with E-state index < -0.39 is 0 Å². The zero-order valence-electron chi connectivity index (χ0n) is 11.2. The molecule has 2 aromatic rings. The van der Waals surface area contributed by atoms with Crippen molar-refractivity contribution in [2.45, 2.75) is 18.7 Å². The molecule has 2 aromatic carbocycles. The molecule has 4 heteroatoms. The number of benzene rings is 2. The fraction of sp³-hybridized carbons (Fsp3) is 0.250. The van der Waals surface area contributed by atoms with E-state index in [9.17, 15) is 0 Å². The van der Waals surface area contributed by atoms with Crippen molar-refractivity contribution in [1.29, 1.82) is 0 Å². The highest BCUT2D eigenvalue weighted by Gasteiger charge is 2.05. The summed E-state index contributed by atoms with van der Waals surface area (Å²) in [6.45, 7) is 2.83. The molecular weight excluding hydrogens is 384 g/mol. The summed E-state index contributed by atoms with van der Waals surface area (Å²) in [6, 6.07) is 13.7. The van der Waals surface area contributed by atoms with Crippen LogP contribution < -0.4 is 9.47 Å². The molecule has 0 saturated carbocycles. The molecule has 0 heterocycles. The molecule has 2 nitrogen and oxygen atoms in total. The monoisotopic (exact) mass is 398 g/mol. The predicted octanol–water partition coefficient (Wildman–Crippen LogP) is 5.93. The maximum Gasteiger partial charge on any atom is 0.132 e. The van der Waals surface area contributed by atoms with Gasteiger partial charge in [-0.3, -0.25) is 0 Å². The highest BCUT2D eigenvalue weighted by atomic mass is 79.9. The molecule has 106 valence electrons. The number of hydrogen-bond donors (Lipinski definition) is 0. The van der Waals surface area contributed by atoms with Crippen LogP contribution in [0.2, 0.25) is 0 Å². The zero-order chi connectivity index (χ0) is 14.4. The molecule has 0 aromatic heterocycles. The molecule has 0 amide bonds. The van der Waals surface area contributed by atoms with Crippen molar-refractivity contribution in [1.82, 2.24) is 0 Å². The van der Waals surface area contributed by atoms with E-state index in [1.807, 2.05) is 42.5 Å². The summed E-state index contributed by atoms with van der Waals surface area (Å²) in [4.78, 5) is 0. The van der Waals surface area contributed by atoms with Crippen LogP contribution in [0, 0.1) is 0 Å². The first-order chi connectivity index (χ1) is 9.72. The lowest BCUT2D eigenvalue weighted by molar-refractivity contribution is 0.317. The highest BCUT2D eigenvalue weighted by Crippen LogP contribution is 2.30. The Kier molecular flexibility index (Phi) is 5.92. The van der Waals surface area contributed by atoms with Crippen LogP contribution >= 0.6 is 31.9 Å². The van der Waals surface area contributed by atoms with Crippen LogP contribution in [0.5, 0.6) is 17.2 Å². The van der Waals surface area contributed by atoms with Crippen molar-refractivity contribution in [2.24, 2.45) is 0 Å². The van der Waals surface area contributed by atoms with Gasteiger partial charge in [0, 0.05) is 15.4 Å². The Morgan fingerprint density at radius 2 is 1.70 bits per heavy atom. The second kappa shape index (κ2) is 7.70. The van der Waals surface area contributed by atoms with Gasteiger partial charge in [0.25, 0.3) is 0 Å². The van der Waals surface area contributed by atoms with Crippen LogP contribution in [-0.4, -0.2) is 6.61 Å². The molecular formula is C16H16Br2O2. The second-order valence-electron chi connectivity index (χ2n) is 4.31. The third-order valence-corrected chi connectivity index (χ3v) is 3.79. The molecule has 0 N–H and O–H groups in total. The first kappa shape index (κ1) is 15.4. The molecule has 0 bridgehead atoms. The largest absolute Gasteiger partial charge is 0.494 e. The summed E-state index contributed by atoms with van der Waals surface area (Å²) in [6.07, 6.45) is 1.00. The number of hydrogen-bond acceptors (Lipinski definition) is 2. The van der Waals surface area contributed by atoms with Gasteiger partial charge >= 0.3 is 0 Å². The maximum absolute atomic E-state index is 5.93. The van der Waals surface area contributed by atoms with E-state index in [2.05, 4.69) is 38.8 Å². The van der Waals surface area contributed by atoms with Crippen LogP contribution in [-0.2, 0) is 5.33 Å². The van der Waals surface area contributed by atoms with E-state index in [4.69, 9.17) is 9.47 Å². The smallest absolute Gasteiger partial charge is 0.132 e. The minimum atomic E-state index is 0.736. The lowest BCUT2D eigenvalue weighted by atomic mass is 10.2. The first-order valence-electron chi connectivity index (χ1n) is 6.48. The van der Waals surface area contributed by atoms with Crippen LogP contribution in [0.1, 0.15) is 18.9 Å². The summed E-state index contributed by atoms with van der Waals surface area (Å²) in [7, 11) is 0. The van der Waals surface area contributed by atoms with Gasteiger partial charge in [0.2, 0.25) is 0 Å². The fourth-order valence-electron chi connectivity index (χ4n) is 1.68. The molecule has 0 unspecified atom stereocenters. The molecule has 0 atom stereocenters. The standard InChI is InChI=1S/C16H16Br2O2/c1-2-9-19-14-5-7-15(8-6-14)20-16-10-13(18)4-3-12(16)11-17/h3-8,10H,2,9,11H2,1H3. The molecule has 0 aliphatic rings. The van der Waals surface area contributed by atoms with Crippen molar-refractivity contribution in [3.63, 3.8) is 0 Å². The molecule has 0 fully saturated rings. The zero-order valence-corrected chi connectivity index (χ0v) is 14.4. The lowest BCUT2D eigenvalue weighted by Gasteiger charge is -2.11. The molecule has 2 rings (SSSR count). The number of ether oxygens (including phenoxy) is 2. The Morgan fingerprint density at radius 1 is 1.00 bits per heavy atom. The van der Waals surface area contributed by atoms with Crippen LogP contribution in [0.15, 0.2) is 46.9 Å². The number of rotatable bonds is 6. The van der Waals surface area contributed by atoms with Gasteiger partial charge in [-0.15, -0.1) is 0 Å². The van der Waals surface area contributed by atoms with Gasteiger partial charge in [-0.1, -0.05) is 44.8 Å². The molecule has 0 aliphatic heterocycles. The average Bonchev–Trinajstić information content (AvgIpc) is 2.47. The van der Waals surface area contributed by atoms with Gasteiger partial charge in [0.1, 0.15) is 17.2 Å². The predicted molar refractivity (Wildman–Crippen MR) is 89.1 cm³/mol. The van der Waals surface area contributed by atoms with Crippen molar-refractivity contribution in [2.75, 3.05) is 6.61 Å². The van der Waals surface area contributed by atoms with Gasteiger partial charge in [0.05, 0.1) is 6.61 Å². The summed E-state index contributed by atoms with van der Waals surface area (Å²) >= 11 is 6.93. The topological polar surface area (TPSA) is 18.5 Å². The van der Waals surface area contributed by atoms with E-state index in [1.165, 1.54) is 0 Å². The summed E-state index contributed by atoms with van der Waals surface area (Å²) in [5.41, 5.74) is 1.11. The molecule has 0 spiro atoms. The quantitative estimate of drug-likeness (QED) is 0.560. The van der Waals surface area contributed by atoms with E-state index in [0.29, 0.717) is 0 Å². The van der Waals surface area contributed by atoms with E-state index >= 15 is 0 Å². The van der Waals surface area contributed by atoms with E-state index in [0.717, 1.165) is 45.6 Å².